The second-order valence-electron chi connectivity index (χ2n) is 10.3. The van der Waals surface area contributed by atoms with E-state index in [1.165, 1.54) is 80.1 Å². The number of thiophene rings is 1. The highest BCUT2D eigenvalue weighted by molar-refractivity contribution is 7.17. The molecule has 1 unspecified atom stereocenters. The summed E-state index contributed by atoms with van der Waals surface area (Å²) < 4.78 is 1.45. The van der Waals surface area contributed by atoms with Gasteiger partial charge in [-0.2, -0.15) is 0 Å². The maximum atomic E-state index is 2.68. The second-order valence-corrected chi connectivity index (χ2v) is 11.2. The molecule has 0 saturated heterocycles. The van der Waals surface area contributed by atoms with Crippen LogP contribution in [0.4, 0.5) is 0 Å². The van der Waals surface area contributed by atoms with Gasteiger partial charge in [0.2, 0.25) is 0 Å². The smallest absolute Gasteiger partial charge is 0.0417 e. The summed E-state index contributed by atoms with van der Waals surface area (Å²) in [4.78, 5) is 2.68. The van der Waals surface area contributed by atoms with E-state index in [-0.39, 0.29) is 5.41 Å². The third-order valence-corrected chi connectivity index (χ3v) is 9.00. The summed E-state index contributed by atoms with van der Waals surface area (Å²) in [5, 5.41) is 3.61. The number of rotatable bonds is 7. The fraction of sp³-hybridized carbons (Fsp3) is 0.467. The monoisotopic (exact) mass is 443 g/mol. The predicted molar refractivity (Wildman–Crippen MR) is 140 cm³/mol. The first-order valence-electron chi connectivity index (χ1n) is 12.6. The quantitative estimate of drug-likeness (QED) is 0.355. The average Bonchev–Trinajstić information content (AvgIpc) is 3.34. The van der Waals surface area contributed by atoms with Crippen molar-refractivity contribution in [2.24, 2.45) is 5.92 Å². The molecular formula is C30H37NS. The van der Waals surface area contributed by atoms with Gasteiger partial charge in [-0.25, -0.2) is 0 Å². The fourth-order valence-electron chi connectivity index (χ4n) is 6.04. The Bertz CT molecular complexity index is 1040. The Morgan fingerprint density at radius 1 is 0.969 bits per heavy atom. The highest BCUT2D eigenvalue weighted by Gasteiger charge is 2.31. The lowest BCUT2D eigenvalue weighted by molar-refractivity contribution is 0.218. The standard InChI is InChI=1S/C30H37NS/c1-30(27-12-6-3-7-13-27,23-24-9-4-2-5-10-24)18-21-31-19-15-25(16-20-31)28-14-8-11-26-17-22-32-29(26)28/h3,6-8,11-15,17,22,24H,2,4-5,9-10,16,18-21,23H2,1H3. The van der Waals surface area contributed by atoms with E-state index in [0.717, 1.165) is 12.5 Å². The van der Waals surface area contributed by atoms with E-state index < -0.39 is 0 Å². The van der Waals surface area contributed by atoms with E-state index >= 15 is 0 Å². The van der Waals surface area contributed by atoms with Gasteiger partial charge < -0.3 is 0 Å². The number of fused-ring (bicyclic) bond motifs is 1. The minimum absolute atomic E-state index is 0.288. The summed E-state index contributed by atoms with van der Waals surface area (Å²) in [6.45, 7) is 6.01. The predicted octanol–water partition coefficient (Wildman–Crippen LogP) is 8.31. The zero-order chi connectivity index (χ0) is 21.8. The Balaban J connectivity index is 1.26. The summed E-state index contributed by atoms with van der Waals surface area (Å²) in [5.74, 6) is 0.910. The van der Waals surface area contributed by atoms with E-state index in [9.17, 15) is 0 Å². The Kier molecular flexibility index (Phi) is 6.80. The van der Waals surface area contributed by atoms with Gasteiger partial charge in [-0.05, 0) is 70.7 Å². The summed E-state index contributed by atoms with van der Waals surface area (Å²) in [7, 11) is 0. The van der Waals surface area contributed by atoms with Crippen LogP contribution in [0.5, 0.6) is 0 Å². The van der Waals surface area contributed by atoms with Crippen molar-refractivity contribution in [3.05, 3.63) is 77.2 Å². The van der Waals surface area contributed by atoms with Crippen molar-refractivity contribution in [2.45, 2.75) is 63.7 Å². The Labute approximate surface area is 198 Å². The van der Waals surface area contributed by atoms with Crippen LogP contribution in [0.3, 0.4) is 0 Å². The molecule has 2 heterocycles. The third kappa shape index (κ3) is 4.87. The summed E-state index contributed by atoms with van der Waals surface area (Å²) in [6, 6.07) is 20.4. The van der Waals surface area contributed by atoms with Gasteiger partial charge in [0, 0.05) is 17.8 Å². The molecule has 1 aliphatic heterocycles. The molecule has 1 aromatic heterocycles. The summed E-state index contributed by atoms with van der Waals surface area (Å²) >= 11 is 1.88. The first-order valence-corrected chi connectivity index (χ1v) is 13.5. The van der Waals surface area contributed by atoms with Crippen molar-refractivity contribution in [1.29, 1.82) is 0 Å². The van der Waals surface area contributed by atoms with Crippen LogP contribution in [-0.4, -0.2) is 24.5 Å². The molecule has 5 rings (SSSR count). The lowest BCUT2D eigenvalue weighted by Gasteiger charge is -2.38. The lowest BCUT2D eigenvalue weighted by Crippen LogP contribution is -2.35. The zero-order valence-electron chi connectivity index (χ0n) is 19.6. The molecule has 168 valence electrons. The molecule has 0 radical (unpaired) electrons. The van der Waals surface area contributed by atoms with Crippen molar-refractivity contribution >= 4 is 27.0 Å². The van der Waals surface area contributed by atoms with Crippen molar-refractivity contribution in [1.82, 2.24) is 4.90 Å². The topological polar surface area (TPSA) is 3.24 Å². The molecule has 0 N–H and O–H groups in total. The van der Waals surface area contributed by atoms with Crippen LogP contribution in [0.25, 0.3) is 15.7 Å². The lowest BCUT2D eigenvalue weighted by atomic mass is 9.70. The molecule has 32 heavy (non-hydrogen) atoms. The van der Waals surface area contributed by atoms with Gasteiger partial charge in [-0.1, -0.05) is 93.6 Å². The van der Waals surface area contributed by atoms with Gasteiger partial charge in [0.1, 0.15) is 0 Å². The van der Waals surface area contributed by atoms with E-state index in [1.807, 2.05) is 11.3 Å². The van der Waals surface area contributed by atoms with Gasteiger partial charge in [0.25, 0.3) is 0 Å². The molecule has 0 spiro atoms. The van der Waals surface area contributed by atoms with Crippen molar-refractivity contribution in [2.75, 3.05) is 19.6 Å². The maximum absolute atomic E-state index is 2.68. The largest absolute Gasteiger partial charge is 0.299 e. The van der Waals surface area contributed by atoms with Crippen LogP contribution >= 0.6 is 11.3 Å². The van der Waals surface area contributed by atoms with Crippen LogP contribution < -0.4 is 0 Å². The van der Waals surface area contributed by atoms with Crippen molar-refractivity contribution < 1.29 is 0 Å². The minimum atomic E-state index is 0.288. The van der Waals surface area contributed by atoms with E-state index in [4.69, 9.17) is 0 Å². The number of hydrogen-bond donors (Lipinski definition) is 0. The highest BCUT2D eigenvalue weighted by Crippen LogP contribution is 2.40. The van der Waals surface area contributed by atoms with Gasteiger partial charge >= 0.3 is 0 Å². The molecular weight excluding hydrogens is 406 g/mol. The number of nitrogens with zero attached hydrogens (tertiary/aromatic N) is 1. The average molecular weight is 444 g/mol. The molecule has 1 aliphatic carbocycles. The molecule has 1 atom stereocenters. The zero-order valence-corrected chi connectivity index (χ0v) is 20.4. The Morgan fingerprint density at radius 3 is 2.59 bits per heavy atom. The van der Waals surface area contributed by atoms with Crippen molar-refractivity contribution in [3.63, 3.8) is 0 Å². The second kappa shape index (κ2) is 9.93. The van der Waals surface area contributed by atoms with Crippen LogP contribution in [-0.2, 0) is 5.41 Å². The first-order chi connectivity index (χ1) is 15.7. The fourth-order valence-corrected chi connectivity index (χ4v) is 6.99. The molecule has 1 nitrogen and oxygen atoms in total. The Morgan fingerprint density at radius 2 is 1.81 bits per heavy atom. The normalized spacial score (nSPS) is 20.2. The van der Waals surface area contributed by atoms with E-state index in [0.29, 0.717) is 0 Å². The molecule has 1 fully saturated rings. The van der Waals surface area contributed by atoms with Gasteiger partial charge in [-0.15, -0.1) is 11.3 Å². The van der Waals surface area contributed by atoms with Gasteiger partial charge in [0.05, 0.1) is 0 Å². The molecule has 3 aromatic rings. The van der Waals surface area contributed by atoms with Gasteiger partial charge in [0.15, 0.2) is 0 Å². The number of hydrogen-bond acceptors (Lipinski definition) is 2. The molecule has 2 heteroatoms. The molecule has 0 amide bonds. The van der Waals surface area contributed by atoms with E-state index in [1.54, 1.807) is 11.1 Å². The molecule has 2 aliphatic rings. The van der Waals surface area contributed by atoms with Gasteiger partial charge in [-0.3, -0.25) is 4.90 Å². The molecule has 1 saturated carbocycles. The van der Waals surface area contributed by atoms with E-state index in [2.05, 4.69) is 77.9 Å². The minimum Gasteiger partial charge on any atom is -0.299 e. The number of benzene rings is 2. The highest BCUT2D eigenvalue weighted by atomic mass is 32.1. The van der Waals surface area contributed by atoms with Crippen LogP contribution in [0.2, 0.25) is 0 Å². The van der Waals surface area contributed by atoms with Crippen LogP contribution in [0, 0.1) is 5.92 Å². The maximum Gasteiger partial charge on any atom is 0.0417 e. The molecule has 2 aromatic carbocycles. The van der Waals surface area contributed by atoms with Crippen LogP contribution in [0.1, 0.15) is 69.4 Å². The Hall–Kier alpha value is -1.90. The van der Waals surface area contributed by atoms with Crippen LogP contribution in [0.15, 0.2) is 66.1 Å². The van der Waals surface area contributed by atoms with Crippen molar-refractivity contribution in [3.8, 4) is 0 Å². The summed E-state index contributed by atoms with van der Waals surface area (Å²) in [6.07, 6.45) is 13.5. The molecule has 0 bridgehead atoms. The first kappa shape index (κ1) is 21.9. The SMILES string of the molecule is CC(CCN1CC=C(c2cccc3ccsc23)CC1)(CC1CCCCC1)c1ccccc1. The third-order valence-electron chi connectivity index (χ3n) is 8.03. The summed E-state index contributed by atoms with van der Waals surface area (Å²) in [5.41, 5.74) is 4.84.